The van der Waals surface area contributed by atoms with Crippen LogP contribution in [0.15, 0.2) is 36.5 Å². The third-order valence-corrected chi connectivity index (χ3v) is 4.00. The maximum absolute atomic E-state index is 12.1. The van der Waals surface area contributed by atoms with Gasteiger partial charge in [0.1, 0.15) is 5.82 Å². The second kappa shape index (κ2) is 8.90. The van der Waals surface area contributed by atoms with Crippen molar-refractivity contribution in [2.45, 2.75) is 20.3 Å². The molecule has 0 bridgehead atoms. The van der Waals surface area contributed by atoms with E-state index in [-0.39, 0.29) is 5.91 Å². The Kier molecular flexibility index (Phi) is 6.88. The molecule has 2 aromatic rings. The fourth-order valence-corrected chi connectivity index (χ4v) is 2.62. The van der Waals surface area contributed by atoms with E-state index in [9.17, 15) is 4.79 Å². The highest BCUT2D eigenvalue weighted by molar-refractivity contribution is 6.35. The van der Waals surface area contributed by atoms with Crippen LogP contribution in [-0.2, 0) is 6.42 Å². The number of pyridine rings is 1. The lowest BCUT2D eigenvalue weighted by Gasteiger charge is -2.10. The van der Waals surface area contributed by atoms with E-state index < -0.39 is 0 Å². The van der Waals surface area contributed by atoms with Crippen molar-refractivity contribution in [3.63, 3.8) is 0 Å². The molecule has 0 radical (unpaired) electrons. The summed E-state index contributed by atoms with van der Waals surface area (Å²) in [6.07, 6.45) is 2.36. The summed E-state index contributed by atoms with van der Waals surface area (Å²) in [5.41, 5.74) is 1.61. The highest BCUT2D eigenvalue weighted by Gasteiger charge is 2.07. The zero-order chi connectivity index (χ0) is 17.5. The van der Waals surface area contributed by atoms with Crippen LogP contribution in [0.3, 0.4) is 0 Å². The molecular weight excluding hydrogens is 345 g/mol. The molecule has 0 unspecified atom stereocenters. The average molecular weight is 366 g/mol. The standard InChI is InChI=1S/C18H21Cl2N3O/c1-12(2)11-23-18(24)14-6-8-22-17(9-14)21-7-5-13-3-4-15(19)10-16(13)20/h3-4,6,8-10,12H,5,7,11H2,1-2H3,(H,21,22)(H,23,24). The number of hydrogen-bond donors (Lipinski definition) is 2. The molecule has 1 heterocycles. The first-order valence-corrected chi connectivity index (χ1v) is 8.63. The molecule has 0 spiro atoms. The number of halogens is 2. The van der Waals surface area contributed by atoms with E-state index in [1.165, 1.54) is 0 Å². The van der Waals surface area contributed by atoms with Gasteiger partial charge in [-0.3, -0.25) is 4.79 Å². The fraction of sp³-hybridized carbons (Fsp3) is 0.333. The van der Waals surface area contributed by atoms with E-state index in [1.807, 2.05) is 12.1 Å². The largest absolute Gasteiger partial charge is 0.370 e. The van der Waals surface area contributed by atoms with Gasteiger partial charge < -0.3 is 10.6 Å². The first-order valence-electron chi connectivity index (χ1n) is 7.87. The molecule has 0 atom stereocenters. The number of aromatic nitrogens is 1. The van der Waals surface area contributed by atoms with Crippen molar-refractivity contribution in [2.75, 3.05) is 18.4 Å². The van der Waals surface area contributed by atoms with Gasteiger partial charge in [-0.05, 0) is 42.2 Å². The zero-order valence-corrected chi connectivity index (χ0v) is 15.3. The van der Waals surface area contributed by atoms with Crippen LogP contribution < -0.4 is 10.6 Å². The van der Waals surface area contributed by atoms with Crippen LogP contribution in [0.4, 0.5) is 5.82 Å². The molecule has 0 saturated heterocycles. The van der Waals surface area contributed by atoms with Crippen molar-refractivity contribution < 1.29 is 4.79 Å². The summed E-state index contributed by atoms with van der Waals surface area (Å²) in [5.74, 6) is 0.990. The van der Waals surface area contributed by atoms with E-state index in [0.29, 0.717) is 40.4 Å². The number of nitrogens with one attached hydrogen (secondary N) is 2. The minimum Gasteiger partial charge on any atom is -0.370 e. The molecule has 0 fully saturated rings. The molecule has 1 aromatic carbocycles. The molecule has 0 aliphatic carbocycles. The summed E-state index contributed by atoms with van der Waals surface area (Å²) in [5, 5.41) is 7.38. The maximum atomic E-state index is 12.1. The Morgan fingerprint density at radius 3 is 2.71 bits per heavy atom. The Hall–Kier alpha value is -1.78. The molecule has 6 heteroatoms. The van der Waals surface area contributed by atoms with Gasteiger partial charge in [-0.2, -0.15) is 0 Å². The fourth-order valence-electron chi connectivity index (χ4n) is 2.12. The summed E-state index contributed by atoms with van der Waals surface area (Å²) >= 11 is 12.0. The lowest BCUT2D eigenvalue weighted by atomic mass is 10.1. The second-order valence-electron chi connectivity index (χ2n) is 5.95. The number of benzene rings is 1. The third-order valence-electron chi connectivity index (χ3n) is 3.41. The summed E-state index contributed by atoms with van der Waals surface area (Å²) in [7, 11) is 0. The second-order valence-corrected chi connectivity index (χ2v) is 6.79. The Bertz CT molecular complexity index is 704. The number of hydrogen-bond acceptors (Lipinski definition) is 3. The number of anilines is 1. The summed E-state index contributed by atoms with van der Waals surface area (Å²) < 4.78 is 0. The molecule has 2 rings (SSSR count). The average Bonchev–Trinajstić information content (AvgIpc) is 2.55. The Morgan fingerprint density at radius 2 is 2.00 bits per heavy atom. The van der Waals surface area contributed by atoms with Gasteiger partial charge in [-0.1, -0.05) is 43.1 Å². The molecule has 1 amide bonds. The minimum absolute atomic E-state index is 0.0881. The number of amides is 1. The Morgan fingerprint density at radius 1 is 1.21 bits per heavy atom. The van der Waals surface area contributed by atoms with Gasteiger partial charge >= 0.3 is 0 Å². The molecule has 128 valence electrons. The monoisotopic (exact) mass is 365 g/mol. The third kappa shape index (κ3) is 5.69. The number of rotatable bonds is 7. The van der Waals surface area contributed by atoms with Crippen LogP contribution >= 0.6 is 23.2 Å². The minimum atomic E-state index is -0.0881. The Labute approximate surface area is 152 Å². The first kappa shape index (κ1) is 18.6. The maximum Gasteiger partial charge on any atom is 0.251 e. The van der Waals surface area contributed by atoms with E-state index in [2.05, 4.69) is 29.5 Å². The molecule has 0 aliphatic heterocycles. The first-order chi connectivity index (χ1) is 11.5. The van der Waals surface area contributed by atoms with Gasteiger partial charge in [0.15, 0.2) is 0 Å². The van der Waals surface area contributed by atoms with Crippen molar-refractivity contribution >= 4 is 34.9 Å². The zero-order valence-electron chi connectivity index (χ0n) is 13.8. The smallest absolute Gasteiger partial charge is 0.251 e. The van der Waals surface area contributed by atoms with E-state index in [0.717, 1.165) is 12.0 Å². The molecular formula is C18H21Cl2N3O. The predicted octanol–water partition coefficient (Wildman–Crippen LogP) is 4.43. The van der Waals surface area contributed by atoms with Gasteiger partial charge in [-0.15, -0.1) is 0 Å². The van der Waals surface area contributed by atoms with Crippen molar-refractivity contribution in [1.82, 2.24) is 10.3 Å². The molecule has 2 N–H and O–H groups in total. The van der Waals surface area contributed by atoms with Gasteiger partial charge in [0.05, 0.1) is 0 Å². The van der Waals surface area contributed by atoms with E-state index >= 15 is 0 Å². The highest BCUT2D eigenvalue weighted by Crippen LogP contribution is 2.21. The number of carbonyl (C=O) groups excluding carboxylic acids is 1. The molecule has 4 nitrogen and oxygen atoms in total. The Balaban J connectivity index is 1.91. The summed E-state index contributed by atoms with van der Waals surface area (Å²) in [6.45, 7) is 5.42. The molecule has 24 heavy (non-hydrogen) atoms. The molecule has 1 aromatic heterocycles. The predicted molar refractivity (Wildman–Crippen MR) is 100 cm³/mol. The van der Waals surface area contributed by atoms with Crippen LogP contribution in [0.2, 0.25) is 10.0 Å². The quantitative estimate of drug-likeness (QED) is 0.762. The summed E-state index contributed by atoms with van der Waals surface area (Å²) in [4.78, 5) is 16.3. The van der Waals surface area contributed by atoms with Crippen molar-refractivity contribution in [3.05, 3.63) is 57.7 Å². The lowest BCUT2D eigenvalue weighted by molar-refractivity contribution is 0.0949. The van der Waals surface area contributed by atoms with Crippen LogP contribution in [-0.4, -0.2) is 24.0 Å². The van der Waals surface area contributed by atoms with Crippen molar-refractivity contribution in [1.29, 1.82) is 0 Å². The SMILES string of the molecule is CC(C)CNC(=O)c1ccnc(NCCc2ccc(Cl)cc2Cl)c1. The number of carbonyl (C=O) groups is 1. The molecule has 0 aliphatic rings. The van der Waals surface area contributed by atoms with Crippen LogP contribution in [0.5, 0.6) is 0 Å². The van der Waals surface area contributed by atoms with Gasteiger partial charge in [0.2, 0.25) is 0 Å². The van der Waals surface area contributed by atoms with Crippen molar-refractivity contribution in [3.8, 4) is 0 Å². The van der Waals surface area contributed by atoms with Crippen LogP contribution in [0.25, 0.3) is 0 Å². The van der Waals surface area contributed by atoms with Gasteiger partial charge in [0, 0.05) is 34.9 Å². The van der Waals surface area contributed by atoms with E-state index in [1.54, 1.807) is 24.4 Å². The van der Waals surface area contributed by atoms with Crippen LogP contribution in [0, 0.1) is 5.92 Å². The summed E-state index contributed by atoms with van der Waals surface area (Å²) in [6, 6.07) is 8.92. The normalized spacial score (nSPS) is 10.7. The van der Waals surface area contributed by atoms with Gasteiger partial charge in [0.25, 0.3) is 5.91 Å². The highest BCUT2D eigenvalue weighted by atomic mass is 35.5. The van der Waals surface area contributed by atoms with E-state index in [4.69, 9.17) is 23.2 Å². The topological polar surface area (TPSA) is 54.0 Å². The lowest BCUT2D eigenvalue weighted by Crippen LogP contribution is -2.27. The number of nitrogens with zero attached hydrogens (tertiary/aromatic N) is 1. The van der Waals surface area contributed by atoms with Crippen LogP contribution in [0.1, 0.15) is 29.8 Å². The molecule has 0 saturated carbocycles. The van der Waals surface area contributed by atoms with Gasteiger partial charge in [-0.25, -0.2) is 4.98 Å². The van der Waals surface area contributed by atoms with Crippen molar-refractivity contribution in [2.24, 2.45) is 5.92 Å².